The predicted octanol–water partition coefficient (Wildman–Crippen LogP) is 2.59. The third-order valence-corrected chi connectivity index (χ3v) is 6.10. The number of halogens is 3. The Morgan fingerprint density at radius 1 is 1.16 bits per heavy atom. The van der Waals surface area contributed by atoms with Crippen LogP contribution in [0.25, 0.3) is 4.76 Å². The Kier molecular flexibility index (Phi) is 10.1. The molecule has 0 amide bonds. The van der Waals surface area contributed by atoms with Gasteiger partial charge >= 0.3 is 56.8 Å². The van der Waals surface area contributed by atoms with Crippen LogP contribution in [-0.2, 0) is 10.9 Å². The van der Waals surface area contributed by atoms with Gasteiger partial charge in [0, 0.05) is 0 Å². The van der Waals surface area contributed by atoms with Crippen LogP contribution in [0.3, 0.4) is 0 Å². The Balaban J connectivity index is 0.000000550. The third kappa shape index (κ3) is 5.34. The summed E-state index contributed by atoms with van der Waals surface area (Å²) in [5, 5.41) is 0. The number of hydrogen-bond acceptors (Lipinski definition) is 0. The maximum absolute atomic E-state index is 4.96. The fourth-order valence-corrected chi connectivity index (χ4v) is 6.09. The van der Waals surface area contributed by atoms with Gasteiger partial charge in [0.1, 0.15) is 0 Å². The zero-order chi connectivity index (χ0) is 14.3. The Labute approximate surface area is 151 Å². The van der Waals surface area contributed by atoms with Crippen LogP contribution in [0.4, 0.5) is 0 Å². The van der Waals surface area contributed by atoms with Crippen molar-refractivity contribution in [2.24, 2.45) is 0 Å². The minimum atomic E-state index is -0.455. The second kappa shape index (κ2) is 9.98. The molecule has 0 aromatic carbocycles. The molecule has 2 aliphatic heterocycles. The van der Waals surface area contributed by atoms with Gasteiger partial charge in [0.15, 0.2) is 6.07 Å². The Morgan fingerprint density at radius 2 is 1.58 bits per heavy atom. The molecule has 6 heteroatoms. The summed E-state index contributed by atoms with van der Waals surface area (Å²) in [6.45, 7) is 2.00. The molecule has 0 spiro atoms. The molecule has 0 atom stereocenters. The topological polar surface area (TPSA) is 4.36 Å². The van der Waals surface area contributed by atoms with E-state index in [-0.39, 0.29) is 0 Å². The predicted molar refractivity (Wildman–Crippen MR) is 106 cm³/mol. The van der Waals surface area contributed by atoms with Gasteiger partial charge in [0.2, 0.25) is 0 Å². The summed E-state index contributed by atoms with van der Waals surface area (Å²) in [6, 6.07) is 3.17. The SMILES string of the molecule is CC#[N+][B-]1(C[S+](C)C)C2CCCC1CCC2.I[I-]I. The van der Waals surface area contributed by atoms with Crippen LogP contribution in [0.2, 0.25) is 11.6 Å². The molecule has 2 fully saturated rings. The van der Waals surface area contributed by atoms with Crippen LogP contribution in [-0.4, -0.2) is 24.4 Å². The van der Waals surface area contributed by atoms with Crippen molar-refractivity contribution >= 4 is 54.4 Å². The van der Waals surface area contributed by atoms with Crippen molar-refractivity contribution in [1.29, 1.82) is 0 Å². The molecular formula is C13H25BI3NS. The van der Waals surface area contributed by atoms with E-state index in [1.807, 2.05) is 6.92 Å². The van der Waals surface area contributed by atoms with Crippen molar-refractivity contribution in [3.8, 4) is 6.07 Å². The van der Waals surface area contributed by atoms with E-state index >= 15 is 0 Å². The average molecular weight is 619 g/mol. The van der Waals surface area contributed by atoms with Gasteiger partial charge in [-0.05, 0) is 10.9 Å². The van der Waals surface area contributed by atoms with E-state index in [9.17, 15) is 0 Å². The zero-order valence-corrected chi connectivity index (χ0v) is 19.5. The summed E-state index contributed by atoms with van der Waals surface area (Å²) in [6.07, 6.45) is 13.0. The molecule has 112 valence electrons. The normalized spacial score (nSPS) is 33.2. The van der Waals surface area contributed by atoms with Gasteiger partial charge in [0.05, 0.1) is 25.1 Å². The summed E-state index contributed by atoms with van der Waals surface area (Å²) >= 11 is 5.30. The van der Waals surface area contributed by atoms with Crippen LogP contribution < -0.4 is 13.3 Å². The first-order valence-electron chi connectivity index (χ1n) is 7.08. The zero-order valence-electron chi connectivity index (χ0n) is 12.2. The number of fused-ring (bicyclic) bond motifs is 2. The van der Waals surface area contributed by atoms with E-state index in [0.29, 0.717) is 24.2 Å². The molecule has 2 heterocycles. The van der Waals surface area contributed by atoms with Crippen molar-refractivity contribution < 1.29 is 13.3 Å². The average Bonchev–Trinajstić information content (AvgIpc) is 2.28. The van der Waals surface area contributed by atoms with Crippen LogP contribution in [0.15, 0.2) is 0 Å². The van der Waals surface area contributed by atoms with Crippen molar-refractivity contribution in [3.63, 3.8) is 0 Å². The van der Waals surface area contributed by atoms with E-state index in [2.05, 4.69) is 55.8 Å². The minimum absolute atomic E-state index is 0.455. The molecule has 0 aromatic rings. The molecular weight excluding hydrogens is 594 g/mol. The monoisotopic (exact) mass is 619 g/mol. The van der Waals surface area contributed by atoms with E-state index in [1.165, 1.54) is 44.2 Å². The molecule has 1 nitrogen and oxygen atoms in total. The van der Waals surface area contributed by atoms with Crippen molar-refractivity contribution in [2.45, 2.75) is 57.1 Å². The number of nitrogens with zero attached hydrogens (tertiary/aromatic N) is 1. The quantitative estimate of drug-likeness (QED) is 0.255. The van der Waals surface area contributed by atoms with Crippen molar-refractivity contribution in [1.82, 2.24) is 0 Å². The summed E-state index contributed by atoms with van der Waals surface area (Å²) in [5.74, 6) is 1.85. The fraction of sp³-hybridized carbons (Fsp3) is 0.923. The van der Waals surface area contributed by atoms with E-state index in [1.54, 1.807) is 0 Å². The van der Waals surface area contributed by atoms with Gasteiger partial charge in [-0.3, -0.25) is 0 Å². The number of hydrogen-bond donors (Lipinski definition) is 0. The first-order chi connectivity index (χ1) is 9.10. The second-order valence-electron chi connectivity index (χ2n) is 6.09. The van der Waals surface area contributed by atoms with Gasteiger partial charge in [-0.25, -0.2) is 0 Å². The molecule has 2 rings (SSSR count). The van der Waals surface area contributed by atoms with Crippen molar-refractivity contribution in [2.75, 3.05) is 18.2 Å². The molecule has 2 saturated heterocycles. The fourth-order valence-electron chi connectivity index (χ4n) is 4.41. The third-order valence-electron chi connectivity index (χ3n) is 4.90. The first-order valence-corrected chi connectivity index (χ1v) is 21.9. The summed E-state index contributed by atoms with van der Waals surface area (Å²) in [4.78, 5) is 0. The molecule has 19 heavy (non-hydrogen) atoms. The molecule has 2 bridgehead atoms. The Morgan fingerprint density at radius 3 is 1.89 bits per heavy atom. The molecule has 0 aliphatic carbocycles. The molecule has 0 aromatic heterocycles. The van der Waals surface area contributed by atoms with Gasteiger partial charge in [-0.1, -0.05) is 50.2 Å². The van der Waals surface area contributed by atoms with Crippen LogP contribution in [0.5, 0.6) is 0 Å². The van der Waals surface area contributed by atoms with Crippen LogP contribution in [0, 0.1) is 6.07 Å². The molecule has 0 radical (unpaired) electrons. The van der Waals surface area contributed by atoms with E-state index in [4.69, 9.17) is 4.76 Å². The Bertz CT molecular complexity index is 308. The van der Waals surface area contributed by atoms with Gasteiger partial charge in [0.25, 0.3) is 0 Å². The van der Waals surface area contributed by atoms with Gasteiger partial charge in [-0.15, -0.1) is 0 Å². The summed E-state index contributed by atoms with van der Waals surface area (Å²) < 4.78 is 4.96. The molecule has 0 saturated carbocycles. The standard InChI is InChI=1S/C13H25BNS.I3/c1-4-15-14(11-16(2)3)12-7-5-8-13(14)10-6-9-12;1-3-2/h12-13H,5-11H2,1-3H3;/q+1;-1. The van der Waals surface area contributed by atoms with Crippen molar-refractivity contribution in [3.05, 3.63) is 4.76 Å². The summed E-state index contributed by atoms with van der Waals surface area (Å²) in [5.41, 5.74) is 1.37. The van der Waals surface area contributed by atoms with E-state index in [0.717, 1.165) is 11.6 Å². The number of rotatable bonds is 2. The Hall–Kier alpha value is 2.09. The van der Waals surface area contributed by atoms with Crippen LogP contribution in [0.1, 0.15) is 45.4 Å². The molecule has 0 unspecified atom stereocenters. The summed E-state index contributed by atoms with van der Waals surface area (Å²) in [7, 11) is 0.531. The maximum atomic E-state index is 4.96. The molecule has 0 N–H and O–H groups in total. The van der Waals surface area contributed by atoms with Gasteiger partial charge < -0.3 is 4.76 Å². The first kappa shape index (κ1) is 19.1. The second-order valence-corrected chi connectivity index (χ2v) is 24.6. The van der Waals surface area contributed by atoms with E-state index < -0.39 is 6.28 Å². The van der Waals surface area contributed by atoms with Gasteiger partial charge in [-0.2, -0.15) is 0 Å². The van der Waals surface area contributed by atoms with Crippen LogP contribution >= 0.6 is 37.2 Å². The molecule has 2 aliphatic rings.